The molecule has 2 aromatic rings. The van der Waals surface area contributed by atoms with Gasteiger partial charge in [0.05, 0.1) is 30.4 Å². The smallest absolute Gasteiger partial charge is 0.408 e. The Labute approximate surface area is 293 Å². The Kier molecular flexibility index (Phi) is 9.46. The van der Waals surface area contributed by atoms with Crippen LogP contribution in [-0.2, 0) is 27.2 Å². The molecule has 3 amide bonds. The lowest BCUT2D eigenvalue weighted by Gasteiger charge is -2.37. The Hall–Kier alpha value is -4.08. The van der Waals surface area contributed by atoms with Crippen molar-refractivity contribution in [2.24, 2.45) is 5.92 Å². The molecular formula is C39H56N4O6. The van der Waals surface area contributed by atoms with E-state index in [9.17, 15) is 14.4 Å². The van der Waals surface area contributed by atoms with Crippen molar-refractivity contribution in [1.82, 2.24) is 20.5 Å². The molecule has 3 aliphatic heterocycles. The molecule has 6 rings (SSSR count). The molecule has 0 unspecified atom stereocenters. The van der Waals surface area contributed by atoms with Crippen molar-refractivity contribution in [1.29, 1.82) is 0 Å². The van der Waals surface area contributed by atoms with Gasteiger partial charge in [0, 0.05) is 26.1 Å². The Morgan fingerprint density at radius 1 is 1.22 bits per heavy atom. The van der Waals surface area contributed by atoms with Gasteiger partial charge in [0.2, 0.25) is 11.8 Å². The highest BCUT2D eigenvalue weighted by molar-refractivity contribution is 5.93. The summed E-state index contributed by atoms with van der Waals surface area (Å²) in [5, 5.41) is 7.19. The summed E-state index contributed by atoms with van der Waals surface area (Å²) < 4.78 is 18.1. The fraction of sp³-hybridized carbons (Fsp3) is 0.590. The number of nitrogens with one attached hydrogen (secondary N) is 2. The minimum atomic E-state index is -0.843. The van der Waals surface area contributed by atoms with E-state index in [-0.39, 0.29) is 27.1 Å². The van der Waals surface area contributed by atoms with Crippen molar-refractivity contribution < 1.29 is 31.4 Å². The number of aryl methyl sites for hydroxylation is 2. The first-order valence-electron chi connectivity index (χ1n) is 17.9. The number of benzene rings is 1. The molecule has 268 valence electrons. The average molecular weight is 677 g/mol. The normalized spacial score (nSPS) is 29.3. The molecule has 1 aromatic carbocycles. The van der Waals surface area contributed by atoms with Crippen molar-refractivity contribution in [3.8, 4) is 11.5 Å². The summed E-state index contributed by atoms with van der Waals surface area (Å²) in [6.45, 7) is 13.9. The van der Waals surface area contributed by atoms with Crippen LogP contribution in [-0.4, -0.2) is 70.3 Å². The van der Waals surface area contributed by atoms with Crippen molar-refractivity contribution in [3.63, 3.8) is 0 Å². The van der Waals surface area contributed by atoms with Gasteiger partial charge in [-0.3, -0.25) is 9.59 Å². The highest BCUT2D eigenvalue weighted by atomic mass is 16.6. The second-order valence-electron chi connectivity index (χ2n) is 15.4. The third-order valence-corrected chi connectivity index (χ3v) is 10.6. The monoisotopic (exact) mass is 676 g/mol. The molecule has 4 heterocycles. The van der Waals surface area contributed by atoms with E-state index in [0.717, 1.165) is 71.3 Å². The van der Waals surface area contributed by atoms with Crippen LogP contribution in [0.2, 0.25) is 0 Å². The van der Waals surface area contributed by atoms with E-state index in [1.807, 2.05) is 25.1 Å². The molecule has 2 fully saturated rings. The predicted octanol–water partition coefficient (Wildman–Crippen LogP) is 6.83. The van der Waals surface area contributed by atoms with E-state index in [0.29, 0.717) is 32.1 Å². The molecule has 10 nitrogen and oxygen atoms in total. The lowest BCUT2D eigenvalue weighted by molar-refractivity contribution is -0.140. The Morgan fingerprint density at radius 2 is 2.02 bits per heavy atom. The van der Waals surface area contributed by atoms with E-state index in [1.165, 1.54) is 0 Å². The fourth-order valence-electron chi connectivity index (χ4n) is 7.89. The molecule has 0 radical (unpaired) electrons. The number of aromatic nitrogens is 1. The number of hydrogen-bond donors (Lipinski definition) is 2. The molecule has 4 aliphatic rings. The number of nitrogens with zero attached hydrogens (tertiary/aromatic N) is 2. The number of carbonyl (C=O) groups excluding carboxylic acids is 3. The van der Waals surface area contributed by atoms with Gasteiger partial charge in [-0.05, 0) is 90.8 Å². The first-order chi connectivity index (χ1) is 23.3. The van der Waals surface area contributed by atoms with Crippen LogP contribution in [0, 0.1) is 5.92 Å². The molecule has 10 heteroatoms. The Balaban J connectivity index is 0.00000292. The molecule has 2 N–H and O–H groups in total. The summed E-state index contributed by atoms with van der Waals surface area (Å²) in [5.74, 6) is 1.14. The number of hydrogen-bond acceptors (Lipinski definition) is 7. The highest BCUT2D eigenvalue weighted by Gasteiger charge is 2.58. The van der Waals surface area contributed by atoms with Gasteiger partial charge in [0.25, 0.3) is 0 Å². The number of alkyl carbamates (subject to hydrolysis) is 1. The fourth-order valence-corrected chi connectivity index (χ4v) is 7.89. The Morgan fingerprint density at radius 3 is 2.73 bits per heavy atom. The third-order valence-electron chi connectivity index (χ3n) is 10.6. The van der Waals surface area contributed by atoms with Gasteiger partial charge < -0.3 is 29.7 Å². The zero-order valence-electron chi connectivity index (χ0n) is 29.9. The van der Waals surface area contributed by atoms with E-state index in [4.69, 9.17) is 19.2 Å². The molecule has 1 saturated carbocycles. The second kappa shape index (κ2) is 13.3. The zero-order valence-corrected chi connectivity index (χ0v) is 29.9. The van der Waals surface area contributed by atoms with E-state index < -0.39 is 34.9 Å². The number of rotatable bonds is 4. The summed E-state index contributed by atoms with van der Waals surface area (Å²) in [7, 11) is 1.65. The summed E-state index contributed by atoms with van der Waals surface area (Å²) >= 11 is 0. The maximum Gasteiger partial charge on any atom is 0.408 e. The molecule has 0 bridgehead atoms. The maximum absolute atomic E-state index is 14.6. The molecule has 49 heavy (non-hydrogen) atoms. The Bertz CT molecular complexity index is 1690. The lowest BCUT2D eigenvalue weighted by atomic mass is 9.86. The second-order valence-corrected chi connectivity index (χ2v) is 15.4. The molecule has 5 atom stereocenters. The van der Waals surface area contributed by atoms with E-state index in [1.54, 1.807) is 32.8 Å². The van der Waals surface area contributed by atoms with Crippen LogP contribution in [0.25, 0.3) is 10.9 Å². The van der Waals surface area contributed by atoms with Crippen molar-refractivity contribution in [3.05, 3.63) is 53.8 Å². The molecule has 1 saturated heterocycles. The summed E-state index contributed by atoms with van der Waals surface area (Å²) in [6, 6.07) is 4.26. The van der Waals surface area contributed by atoms with Gasteiger partial charge in [-0.15, -0.1) is 0 Å². The van der Waals surface area contributed by atoms with Crippen molar-refractivity contribution in [2.75, 3.05) is 13.7 Å². The van der Waals surface area contributed by atoms with Crippen LogP contribution in [0.4, 0.5) is 4.79 Å². The van der Waals surface area contributed by atoms with Crippen LogP contribution in [0.15, 0.2) is 42.5 Å². The SMILES string of the molecule is C=C(C)[C@@]12C[C@H]1/C=C\CCCCC[C@H](NC(=O)OC(C)(C)C)C(=O)N1C[C@@]3(CCc4c(c(CC)nc5ccc(OC)cc45)O3)C[C@H]1C(=O)N2.[HH].[HH]. The number of ether oxygens (including phenoxy) is 3. The molecular weight excluding hydrogens is 620 g/mol. The van der Waals surface area contributed by atoms with Crippen molar-refractivity contribution in [2.45, 2.75) is 128 Å². The standard InChI is InChI=1S/C39H52N4O6.2H2/c1-8-29-33-27(28-20-26(47-7)16-17-30(28)40-29)18-19-38(48-33)22-32-34(44)42-39(24(2)3)21-25(39)14-12-10-9-11-13-15-31(35(45)43(32)23-38)41-36(46)49-37(4,5)6;;/h12,14,16-17,20,25,31-32H,2,8-11,13,15,18-19,21-23H2,1,3-7H3,(H,41,46)(H,42,44);2*1H/b14-12-;;/t25-,31+,32+,38-,39+;;/m1../s1. The maximum atomic E-state index is 14.6. The number of carbonyl (C=O) groups is 3. The zero-order chi connectivity index (χ0) is 35.1. The number of allylic oxidation sites excluding steroid dienone is 1. The molecule has 1 spiro atoms. The summed E-state index contributed by atoms with van der Waals surface area (Å²) in [5.41, 5.74) is 1.65. The molecule has 1 aromatic heterocycles. The first kappa shape index (κ1) is 34.8. The third kappa shape index (κ3) is 7.01. The van der Waals surface area contributed by atoms with Crippen LogP contribution in [0.5, 0.6) is 11.5 Å². The van der Waals surface area contributed by atoms with Gasteiger partial charge >= 0.3 is 6.09 Å². The molecule has 1 aliphatic carbocycles. The van der Waals surface area contributed by atoms with Gasteiger partial charge in [0.1, 0.15) is 34.8 Å². The number of pyridine rings is 1. The largest absolute Gasteiger partial charge is 0.497 e. The number of fused-ring (bicyclic) bond motifs is 5. The average Bonchev–Trinajstić information content (AvgIpc) is 3.63. The number of methoxy groups -OCH3 is 1. The van der Waals surface area contributed by atoms with Gasteiger partial charge in [-0.2, -0.15) is 0 Å². The van der Waals surface area contributed by atoms with Crippen LogP contribution in [0.3, 0.4) is 0 Å². The highest BCUT2D eigenvalue weighted by Crippen LogP contribution is 2.50. The summed E-state index contributed by atoms with van der Waals surface area (Å²) in [6.07, 6.45) is 10.9. The van der Waals surface area contributed by atoms with Crippen molar-refractivity contribution >= 4 is 28.8 Å². The van der Waals surface area contributed by atoms with Gasteiger partial charge in [-0.1, -0.05) is 44.1 Å². The van der Waals surface area contributed by atoms with Gasteiger partial charge in [-0.25, -0.2) is 9.78 Å². The quantitative estimate of drug-likeness (QED) is 0.341. The first-order valence-corrected chi connectivity index (χ1v) is 17.9. The van der Waals surface area contributed by atoms with E-state index >= 15 is 0 Å². The summed E-state index contributed by atoms with van der Waals surface area (Å²) in [4.78, 5) is 48.7. The van der Waals surface area contributed by atoms with Crippen LogP contribution in [0.1, 0.15) is 100 Å². The minimum absolute atomic E-state index is 0. The lowest BCUT2D eigenvalue weighted by Crippen LogP contribution is -2.55. The van der Waals surface area contributed by atoms with Crippen LogP contribution < -0.4 is 20.1 Å². The topological polar surface area (TPSA) is 119 Å². The minimum Gasteiger partial charge on any atom is -0.497 e. The van der Waals surface area contributed by atoms with Gasteiger partial charge in [0.15, 0.2) is 0 Å². The van der Waals surface area contributed by atoms with Crippen LogP contribution >= 0.6 is 0 Å². The van der Waals surface area contributed by atoms with E-state index in [2.05, 4.69) is 36.3 Å². The number of amides is 3. The predicted molar refractivity (Wildman–Crippen MR) is 193 cm³/mol.